The summed E-state index contributed by atoms with van der Waals surface area (Å²) in [7, 11) is 0. The summed E-state index contributed by atoms with van der Waals surface area (Å²) in [6.07, 6.45) is 0.950. The smallest absolute Gasteiger partial charge is 0.338 e. The molecular formula is C14H20ClNO3. The normalized spacial score (nSPS) is 10.8. The molecule has 0 aromatic carbocycles. The van der Waals surface area contributed by atoms with Gasteiger partial charge in [-0.15, -0.1) is 0 Å². The Morgan fingerprint density at radius 1 is 1.32 bits per heavy atom. The number of carbonyl (C=O) groups excluding carboxylic acids is 1. The molecule has 106 valence electrons. The first-order valence-electron chi connectivity index (χ1n) is 6.47. The molecule has 5 heteroatoms. The number of esters is 1. The molecule has 0 radical (unpaired) electrons. The van der Waals surface area contributed by atoms with Gasteiger partial charge >= 0.3 is 5.97 Å². The highest BCUT2D eigenvalue weighted by Gasteiger charge is 2.12. The maximum atomic E-state index is 11.8. The molecule has 1 aromatic heterocycles. The van der Waals surface area contributed by atoms with Gasteiger partial charge in [-0.2, -0.15) is 0 Å². The van der Waals surface area contributed by atoms with E-state index in [0.717, 1.165) is 12.1 Å². The maximum absolute atomic E-state index is 11.8. The minimum absolute atomic E-state index is 0.207. The summed E-state index contributed by atoms with van der Waals surface area (Å²) in [4.78, 5) is 16.0. The van der Waals surface area contributed by atoms with Gasteiger partial charge in [0.05, 0.1) is 12.2 Å². The Bertz CT molecular complexity index is 421. The van der Waals surface area contributed by atoms with Gasteiger partial charge in [0.15, 0.2) is 0 Å². The van der Waals surface area contributed by atoms with Crippen LogP contribution in [-0.2, 0) is 9.47 Å². The lowest BCUT2D eigenvalue weighted by atomic mass is 10.1. The standard InChI is InChI=1S/C14H20ClNO3/c1-4-5-18-6-7-19-14(17)11-8-12(10(2)3)16-13(15)9-11/h8-10H,4-7H2,1-3H3. The second kappa shape index (κ2) is 8.12. The third-order valence-electron chi connectivity index (χ3n) is 2.45. The lowest BCUT2D eigenvalue weighted by Gasteiger charge is -2.09. The van der Waals surface area contributed by atoms with Crippen LogP contribution >= 0.6 is 11.6 Å². The molecule has 1 aromatic rings. The van der Waals surface area contributed by atoms with E-state index in [1.807, 2.05) is 20.8 Å². The van der Waals surface area contributed by atoms with Gasteiger partial charge in [0.1, 0.15) is 11.8 Å². The summed E-state index contributed by atoms with van der Waals surface area (Å²) < 4.78 is 10.4. The fraction of sp³-hybridized carbons (Fsp3) is 0.571. The third kappa shape index (κ3) is 5.57. The highest BCUT2D eigenvalue weighted by molar-refractivity contribution is 6.29. The Morgan fingerprint density at radius 3 is 2.68 bits per heavy atom. The number of halogens is 1. The number of nitrogens with zero attached hydrogens (tertiary/aromatic N) is 1. The van der Waals surface area contributed by atoms with Crippen LogP contribution in [0.15, 0.2) is 12.1 Å². The molecule has 0 aliphatic heterocycles. The molecule has 1 heterocycles. The monoisotopic (exact) mass is 285 g/mol. The van der Waals surface area contributed by atoms with Gasteiger partial charge < -0.3 is 9.47 Å². The Morgan fingerprint density at radius 2 is 2.05 bits per heavy atom. The Balaban J connectivity index is 2.56. The van der Waals surface area contributed by atoms with Crippen LogP contribution < -0.4 is 0 Å². The molecule has 0 amide bonds. The molecule has 0 aliphatic rings. The average Bonchev–Trinajstić information content (AvgIpc) is 2.37. The molecule has 0 spiro atoms. The minimum Gasteiger partial charge on any atom is -0.460 e. The van der Waals surface area contributed by atoms with Crippen LogP contribution in [0.5, 0.6) is 0 Å². The number of hydrogen-bond donors (Lipinski definition) is 0. The molecule has 19 heavy (non-hydrogen) atoms. The zero-order valence-electron chi connectivity index (χ0n) is 11.6. The van der Waals surface area contributed by atoms with Gasteiger partial charge in [-0.1, -0.05) is 32.4 Å². The van der Waals surface area contributed by atoms with Gasteiger partial charge in [0.25, 0.3) is 0 Å². The summed E-state index contributed by atoms with van der Waals surface area (Å²) in [5, 5.41) is 0.306. The lowest BCUT2D eigenvalue weighted by Crippen LogP contribution is -2.12. The van der Waals surface area contributed by atoms with Crippen LogP contribution in [0.3, 0.4) is 0 Å². The summed E-state index contributed by atoms with van der Waals surface area (Å²) in [6, 6.07) is 3.23. The van der Waals surface area contributed by atoms with E-state index < -0.39 is 5.97 Å². The molecular weight excluding hydrogens is 266 g/mol. The van der Waals surface area contributed by atoms with Crippen molar-refractivity contribution in [2.24, 2.45) is 0 Å². The lowest BCUT2D eigenvalue weighted by molar-refractivity contribution is 0.0318. The van der Waals surface area contributed by atoms with Crippen molar-refractivity contribution >= 4 is 17.6 Å². The van der Waals surface area contributed by atoms with Crippen LogP contribution in [-0.4, -0.2) is 30.8 Å². The molecule has 0 saturated carbocycles. The first kappa shape index (κ1) is 15.9. The SMILES string of the molecule is CCCOCCOC(=O)c1cc(Cl)nc(C(C)C)c1. The van der Waals surface area contributed by atoms with Crippen molar-refractivity contribution < 1.29 is 14.3 Å². The van der Waals surface area contributed by atoms with E-state index in [2.05, 4.69) is 4.98 Å². The summed E-state index contributed by atoms with van der Waals surface area (Å²) >= 11 is 5.90. The van der Waals surface area contributed by atoms with E-state index in [4.69, 9.17) is 21.1 Å². The first-order valence-corrected chi connectivity index (χ1v) is 6.84. The third-order valence-corrected chi connectivity index (χ3v) is 2.64. The summed E-state index contributed by atoms with van der Waals surface area (Å²) in [5.74, 6) is -0.190. The quantitative estimate of drug-likeness (QED) is 0.437. The Hall–Kier alpha value is -1.13. The highest BCUT2D eigenvalue weighted by atomic mass is 35.5. The molecule has 0 bridgehead atoms. The van der Waals surface area contributed by atoms with E-state index in [1.54, 1.807) is 6.07 Å². The predicted molar refractivity (Wildman–Crippen MR) is 74.7 cm³/mol. The Kier molecular flexibility index (Phi) is 6.81. The zero-order chi connectivity index (χ0) is 14.3. The number of pyridine rings is 1. The maximum Gasteiger partial charge on any atom is 0.338 e. The van der Waals surface area contributed by atoms with E-state index in [0.29, 0.717) is 23.9 Å². The minimum atomic E-state index is -0.397. The van der Waals surface area contributed by atoms with Crippen molar-refractivity contribution in [1.29, 1.82) is 0 Å². The van der Waals surface area contributed by atoms with Crippen LogP contribution in [0.2, 0.25) is 5.15 Å². The summed E-state index contributed by atoms with van der Waals surface area (Å²) in [6.45, 7) is 7.35. The fourth-order valence-corrected chi connectivity index (χ4v) is 1.67. The van der Waals surface area contributed by atoms with Crippen LogP contribution in [0, 0.1) is 0 Å². The topological polar surface area (TPSA) is 48.4 Å². The molecule has 0 atom stereocenters. The molecule has 1 rings (SSSR count). The van der Waals surface area contributed by atoms with E-state index in [-0.39, 0.29) is 12.5 Å². The van der Waals surface area contributed by atoms with Crippen LogP contribution in [0.25, 0.3) is 0 Å². The number of hydrogen-bond acceptors (Lipinski definition) is 4. The number of carbonyl (C=O) groups is 1. The number of aromatic nitrogens is 1. The molecule has 0 unspecified atom stereocenters. The van der Waals surface area contributed by atoms with Crippen LogP contribution in [0.1, 0.15) is 49.2 Å². The molecule has 0 fully saturated rings. The molecule has 0 N–H and O–H groups in total. The zero-order valence-corrected chi connectivity index (χ0v) is 12.4. The van der Waals surface area contributed by atoms with Crippen molar-refractivity contribution in [2.75, 3.05) is 19.8 Å². The van der Waals surface area contributed by atoms with Crippen molar-refractivity contribution in [3.05, 3.63) is 28.5 Å². The molecule has 0 aliphatic carbocycles. The van der Waals surface area contributed by atoms with Crippen molar-refractivity contribution in [1.82, 2.24) is 4.98 Å². The van der Waals surface area contributed by atoms with Crippen molar-refractivity contribution in [3.63, 3.8) is 0 Å². The summed E-state index contributed by atoms with van der Waals surface area (Å²) in [5.41, 5.74) is 1.21. The largest absolute Gasteiger partial charge is 0.460 e. The highest BCUT2D eigenvalue weighted by Crippen LogP contribution is 2.18. The van der Waals surface area contributed by atoms with E-state index in [9.17, 15) is 4.79 Å². The van der Waals surface area contributed by atoms with Gasteiger partial charge in [-0.05, 0) is 24.5 Å². The van der Waals surface area contributed by atoms with Crippen molar-refractivity contribution in [2.45, 2.75) is 33.1 Å². The second-order valence-corrected chi connectivity index (χ2v) is 4.89. The van der Waals surface area contributed by atoms with Gasteiger partial charge in [-0.25, -0.2) is 9.78 Å². The Labute approximate surface area is 119 Å². The first-order chi connectivity index (χ1) is 9.04. The van der Waals surface area contributed by atoms with Crippen molar-refractivity contribution in [3.8, 4) is 0 Å². The van der Waals surface area contributed by atoms with Gasteiger partial charge in [-0.3, -0.25) is 0 Å². The molecule has 0 saturated heterocycles. The number of rotatable bonds is 7. The van der Waals surface area contributed by atoms with Gasteiger partial charge in [0.2, 0.25) is 0 Å². The van der Waals surface area contributed by atoms with Gasteiger partial charge in [0, 0.05) is 12.3 Å². The van der Waals surface area contributed by atoms with E-state index >= 15 is 0 Å². The number of ether oxygens (including phenoxy) is 2. The average molecular weight is 286 g/mol. The van der Waals surface area contributed by atoms with Crippen LogP contribution in [0.4, 0.5) is 0 Å². The second-order valence-electron chi connectivity index (χ2n) is 4.51. The fourth-order valence-electron chi connectivity index (χ4n) is 1.45. The van der Waals surface area contributed by atoms with E-state index in [1.165, 1.54) is 6.07 Å². The predicted octanol–water partition coefficient (Wildman–Crippen LogP) is 3.44. The molecule has 4 nitrogen and oxygen atoms in total.